The van der Waals surface area contributed by atoms with Crippen molar-refractivity contribution in [3.05, 3.63) is 42.5 Å². The molecule has 1 aliphatic heterocycles. The van der Waals surface area contributed by atoms with Gasteiger partial charge in [0.15, 0.2) is 0 Å². The number of anilines is 1. The molecule has 0 spiro atoms. The van der Waals surface area contributed by atoms with Crippen LogP contribution in [0.5, 0.6) is 0 Å². The topological polar surface area (TPSA) is 112 Å². The normalized spacial score (nSPS) is 15.8. The Morgan fingerprint density at radius 1 is 1.12 bits per heavy atom. The lowest BCUT2D eigenvalue weighted by Gasteiger charge is -2.24. The lowest BCUT2D eigenvalue weighted by molar-refractivity contribution is -0.129. The van der Waals surface area contributed by atoms with Gasteiger partial charge in [-0.05, 0) is 30.7 Å². The second-order valence-electron chi connectivity index (χ2n) is 5.33. The highest BCUT2D eigenvalue weighted by Crippen LogP contribution is 2.23. The summed E-state index contributed by atoms with van der Waals surface area (Å²) < 4.78 is 26.9. The number of hydrogen-bond donors (Lipinski definition) is 2. The second-order valence-corrected chi connectivity index (χ2v) is 7.10. The molecule has 9 heteroatoms. The molecule has 2 aromatic rings. The van der Waals surface area contributed by atoms with Crippen molar-refractivity contribution in [2.45, 2.75) is 30.7 Å². The quantitative estimate of drug-likeness (QED) is 0.781. The molecule has 1 saturated heterocycles. The van der Waals surface area contributed by atoms with Crippen molar-refractivity contribution >= 4 is 27.5 Å². The SMILES string of the molecule is O=C1CCCC(=O)N1c1ccc(S(=O)(=O)NCc2ncc[nH]2)cc1. The molecule has 2 heterocycles. The first kappa shape index (κ1) is 16.3. The molecular formula is C15H16N4O4S. The molecule has 0 saturated carbocycles. The van der Waals surface area contributed by atoms with Gasteiger partial charge in [0.1, 0.15) is 5.82 Å². The van der Waals surface area contributed by atoms with Gasteiger partial charge >= 0.3 is 0 Å². The van der Waals surface area contributed by atoms with Gasteiger partial charge < -0.3 is 4.98 Å². The predicted molar refractivity (Wildman–Crippen MR) is 85.4 cm³/mol. The summed E-state index contributed by atoms with van der Waals surface area (Å²) in [5, 5.41) is 0. The highest BCUT2D eigenvalue weighted by Gasteiger charge is 2.27. The largest absolute Gasteiger partial charge is 0.347 e. The van der Waals surface area contributed by atoms with Gasteiger partial charge in [-0.25, -0.2) is 18.1 Å². The van der Waals surface area contributed by atoms with Crippen LogP contribution in [0.4, 0.5) is 5.69 Å². The third-order valence-corrected chi connectivity index (χ3v) is 5.09. The molecule has 126 valence electrons. The van der Waals surface area contributed by atoms with E-state index in [9.17, 15) is 18.0 Å². The number of imide groups is 1. The minimum absolute atomic E-state index is 0.0418. The number of amides is 2. The van der Waals surface area contributed by atoms with Crippen LogP contribution < -0.4 is 9.62 Å². The number of nitrogens with one attached hydrogen (secondary N) is 2. The van der Waals surface area contributed by atoms with Crippen LogP contribution in [0.1, 0.15) is 25.1 Å². The molecular weight excluding hydrogens is 332 g/mol. The number of carbonyl (C=O) groups is 2. The van der Waals surface area contributed by atoms with Crippen LogP contribution in [0.25, 0.3) is 0 Å². The van der Waals surface area contributed by atoms with Crippen molar-refractivity contribution in [1.29, 1.82) is 0 Å². The smallest absolute Gasteiger partial charge is 0.240 e. The Balaban J connectivity index is 1.76. The van der Waals surface area contributed by atoms with E-state index in [-0.39, 0.29) is 23.3 Å². The molecule has 2 N–H and O–H groups in total. The summed E-state index contributed by atoms with van der Waals surface area (Å²) in [6.45, 7) is 0.0418. The fourth-order valence-electron chi connectivity index (χ4n) is 2.46. The van der Waals surface area contributed by atoms with E-state index < -0.39 is 10.0 Å². The molecule has 1 aliphatic rings. The van der Waals surface area contributed by atoms with Crippen molar-refractivity contribution in [3.8, 4) is 0 Å². The van der Waals surface area contributed by atoms with E-state index in [4.69, 9.17) is 0 Å². The predicted octanol–water partition coefficient (Wildman–Crippen LogP) is 0.932. The maximum atomic E-state index is 12.2. The van der Waals surface area contributed by atoms with E-state index in [0.717, 1.165) is 4.90 Å². The number of sulfonamides is 1. The third kappa shape index (κ3) is 3.36. The molecule has 0 bridgehead atoms. The first-order valence-corrected chi connectivity index (χ1v) is 8.89. The van der Waals surface area contributed by atoms with Gasteiger partial charge in [-0.2, -0.15) is 0 Å². The number of hydrogen-bond acceptors (Lipinski definition) is 5. The average Bonchev–Trinajstić information content (AvgIpc) is 3.07. The molecule has 1 fully saturated rings. The van der Waals surface area contributed by atoms with Crippen molar-refractivity contribution in [3.63, 3.8) is 0 Å². The summed E-state index contributed by atoms with van der Waals surface area (Å²) >= 11 is 0. The Morgan fingerprint density at radius 2 is 1.79 bits per heavy atom. The van der Waals surface area contributed by atoms with Gasteiger partial charge in [-0.1, -0.05) is 0 Å². The van der Waals surface area contributed by atoms with Crippen molar-refractivity contribution < 1.29 is 18.0 Å². The monoisotopic (exact) mass is 348 g/mol. The molecule has 1 aromatic heterocycles. The zero-order chi connectivity index (χ0) is 17.2. The van der Waals surface area contributed by atoms with Crippen LogP contribution in [0.3, 0.4) is 0 Å². The third-order valence-electron chi connectivity index (χ3n) is 3.67. The number of rotatable bonds is 5. The standard InChI is InChI=1S/C15H16N4O4S/c20-14-2-1-3-15(21)19(14)11-4-6-12(7-5-11)24(22,23)18-10-13-16-8-9-17-13/h4-9,18H,1-3,10H2,(H,16,17). The molecule has 2 amide bonds. The number of aromatic nitrogens is 2. The highest BCUT2D eigenvalue weighted by molar-refractivity contribution is 7.89. The van der Waals surface area contributed by atoms with Crippen LogP contribution >= 0.6 is 0 Å². The minimum Gasteiger partial charge on any atom is -0.347 e. The van der Waals surface area contributed by atoms with Crippen molar-refractivity contribution in [1.82, 2.24) is 14.7 Å². The Hall–Kier alpha value is -2.52. The van der Waals surface area contributed by atoms with Crippen LogP contribution in [0, 0.1) is 0 Å². The summed E-state index contributed by atoms with van der Waals surface area (Å²) in [4.78, 5) is 31.7. The Labute approximate surface area is 138 Å². The number of aromatic amines is 1. The van der Waals surface area contributed by atoms with Crippen LogP contribution in [0.15, 0.2) is 41.6 Å². The summed E-state index contributed by atoms with van der Waals surface area (Å²) in [5.41, 5.74) is 0.384. The van der Waals surface area contributed by atoms with Crippen molar-refractivity contribution in [2.24, 2.45) is 0 Å². The lowest BCUT2D eigenvalue weighted by Crippen LogP contribution is -2.40. The number of piperidine rings is 1. The van der Waals surface area contributed by atoms with E-state index in [1.165, 1.54) is 30.5 Å². The van der Waals surface area contributed by atoms with E-state index in [0.29, 0.717) is 30.8 Å². The second kappa shape index (κ2) is 6.54. The summed E-state index contributed by atoms with van der Waals surface area (Å²) in [7, 11) is -3.71. The van der Waals surface area contributed by atoms with Crippen LogP contribution in [0.2, 0.25) is 0 Å². The van der Waals surface area contributed by atoms with E-state index in [1.807, 2.05) is 0 Å². The lowest BCUT2D eigenvalue weighted by atomic mass is 10.1. The Kier molecular flexibility index (Phi) is 4.45. The number of carbonyl (C=O) groups excluding carboxylic acids is 2. The van der Waals surface area contributed by atoms with Gasteiger partial charge in [-0.15, -0.1) is 0 Å². The molecule has 8 nitrogen and oxygen atoms in total. The molecule has 0 aliphatic carbocycles. The summed E-state index contributed by atoms with van der Waals surface area (Å²) in [5.74, 6) is -0.0321. The molecule has 0 radical (unpaired) electrons. The van der Waals surface area contributed by atoms with E-state index >= 15 is 0 Å². The highest BCUT2D eigenvalue weighted by atomic mass is 32.2. The van der Waals surface area contributed by atoms with Gasteiger partial charge in [0.05, 0.1) is 17.1 Å². The van der Waals surface area contributed by atoms with Gasteiger partial charge in [-0.3, -0.25) is 14.5 Å². The first-order valence-electron chi connectivity index (χ1n) is 7.41. The van der Waals surface area contributed by atoms with Gasteiger partial charge in [0.2, 0.25) is 21.8 Å². The van der Waals surface area contributed by atoms with E-state index in [2.05, 4.69) is 14.7 Å². The number of benzene rings is 1. The number of imidazole rings is 1. The van der Waals surface area contributed by atoms with Crippen LogP contribution in [-0.4, -0.2) is 30.2 Å². The molecule has 0 atom stereocenters. The van der Waals surface area contributed by atoms with E-state index in [1.54, 1.807) is 6.20 Å². The maximum Gasteiger partial charge on any atom is 0.240 e. The molecule has 0 unspecified atom stereocenters. The minimum atomic E-state index is -3.71. The fourth-order valence-corrected chi connectivity index (χ4v) is 3.45. The zero-order valence-electron chi connectivity index (χ0n) is 12.7. The summed E-state index contributed by atoms with van der Waals surface area (Å²) in [6.07, 6.45) is 4.32. The van der Waals surface area contributed by atoms with Crippen molar-refractivity contribution in [2.75, 3.05) is 4.90 Å². The van der Waals surface area contributed by atoms with Crippen LogP contribution in [-0.2, 0) is 26.2 Å². The molecule has 1 aromatic carbocycles. The first-order chi connectivity index (χ1) is 11.5. The zero-order valence-corrected chi connectivity index (χ0v) is 13.5. The average molecular weight is 348 g/mol. The maximum absolute atomic E-state index is 12.2. The fraction of sp³-hybridized carbons (Fsp3) is 0.267. The number of nitrogens with zero attached hydrogens (tertiary/aromatic N) is 2. The number of H-pyrrole nitrogens is 1. The molecule has 3 rings (SSSR count). The molecule has 24 heavy (non-hydrogen) atoms. The van der Waals surface area contributed by atoms with Gasteiger partial charge in [0, 0.05) is 25.2 Å². The summed E-state index contributed by atoms with van der Waals surface area (Å²) in [6, 6.07) is 5.66. The Morgan fingerprint density at radius 3 is 2.38 bits per heavy atom. The Bertz CT molecular complexity index is 828. The van der Waals surface area contributed by atoms with Gasteiger partial charge in [0.25, 0.3) is 0 Å².